The molecule has 4 rings (SSSR count). The Labute approximate surface area is 224 Å². The van der Waals surface area contributed by atoms with Crippen molar-refractivity contribution in [2.75, 3.05) is 14.2 Å². The van der Waals surface area contributed by atoms with Crippen molar-refractivity contribution in [3.63, 3.8) is 0 Å². The Bertz CT molecular complexity index is 1210. The number of rotatable bonds is 12. The van der Waals surface area contributed by atoms with Crippen LogP contribution in [0.25, 0.3) is 11.3 Å². The van der Waals surface area contributed by atoms with Crippen molar-refractivity contribution in [2.24, 2.45) is 5.92 Å². The van der Waals surface area contributed by atoms with Crippen LogP contribution in [0.15, 0.2) is 54.6 Å². The van der Waals surface area contributed by atoms with E-state index in [4.69, 9.17) is 9.47 Å². The summed E-state index contributed by atoms with van der Waals surface area (Å²) < 4.78 is 13.1. The maximum Gasteiger partial charge on any atom is 0.272 e. The van der Waals surface area contributed by atoms with Gasteiger partial charge in [0.15, 0.2) is 5.69 Å². The number of carbonyl (C=O) groups excluding carboxylic acids is 2. The molecule has 2 aromatic carbocycles. The summed E-state index contributed by atoms with van der Waals surface area (Å²) in [5.41, 5.74) is 2.82. The zero-order valence-corrected chi connectivity index (χ0v) is 22.7. The van der Waals surface area contributed by atoms with Gasteiger partial charge in [-0.2, -0.15) is 5.10 Å². The predicted octanol–water partition coefficient (Wildman–Crippen LogP) is 4.62. The molecule has 2 N–H and O–H groups in total. The fourth-order valence-corrected chi connectivity index (χ4v) is 4.71. The van der Waals surface area contributed by atoms with Crippen molar-refractivity contribution in [2.45, 2.75) is 64.6 Å². The molecule has 1 heterocycles. The summed E-state index contributed by atoms with van der Waals surface area (Å²) in [6.45, 7) is 4.81. The molecule has 3 aromatic rings. The molecule has 1 aliphatic rings. The van der Waals surface area contributed by atoms with Gasteiger partial charge in [-0.05, 0) is 55.4 Å². The van der Waals surface area contributed by atoms with Gasteiger partial charge in [0, 0.05) is 25.0 Å². The minimum absolute atomic E-state index is 0.0410. The second kappa shape index (κ2) is 12.6. The highest BCUT2D eigenvalue weighted by Crippen LogP contribution is 2.38. The number of nitrogens with zero attached hydrogens (tertiary/aromatic N) is 2. The molecule has 1 aromatic heterocycles. The second-order valence-electron chi connectivity index (χ2n) is 10.3. The first-order valence-electron chi connectivity index (χ1n) is 13.3. The normalized spacial score (nSPS) is 14.0. The smallest absolute Gasteiger partial charge is 0.272 e. The van der Waals surface area contributed by atoms with Crippen molar-refractivity contribution in [1.29, 1.82) is 0 Å². The van der Waals surface area contributed by atoms with Crippen LogP contribution in [0.1, 0.15) is 55.6 Å². The Morgan fingerprint density at radius 1 is 1.03 bits per heavy atom. The number of carbonyl (C=O) groups is 2. The number of nitrogens with one attached hydrogen (secondary N) is 2. The second-order valence-corrected chi connectivity index (χ2v) is 10.3. The Hall–Kier alpha value is -3.81. The highest BCUT2D eigenvalue weighted by atomic mass is 16.5. The molecule has 38 heavy (non-hydrogen) atoms. The number of ether oxygens (including phenoxy) is 2. The number of methoxy groups -OCH3 is 2. The molecule has 0 spiro atoms. The van der Waals surface area contributed by atoms with E-state index in [-0.39, 0.29) is 36.0 Å². The number of hydrogen-bond donors (Lipinski definition) is 2. The van der Waals surface area contributed by atoms with Crippen LogP contribution in [-0.2, 0) is 17.8 Å². The lowest BCUT2D eigenvalue weighted by molar-refractivity contribution is -0.122. The minimum atomic E-state index is -0.371. The molecule has 1 aliphatic carbocycles. The van der Waals surface area contributed by atoms with Crippen molar-refractivity contribution >= 4 is 11.8 Å². The maximum absolute atomic E-state index is 13.5. The minimum Gasteiger partial charge on any atom is -0.496 e. The summed E-state index contributed by atoms with van der Waals surface area (Å²) >= 11 is 0. The SMILES string of the molecule is COc1cccc(OC)c1-c1cc(C(=O)N[C@H](CC(=O)NC2CCC2)Cc2ccccc2)nn1CC(C)C. The van der Waals surface area contributed by atoms with Crippen molar-refractivity contribution < 1.29 is 19.1 Å². The van der Waals surface area contributed by atoms with E-state index >= 15 is 0 Å². The Morgan fingerprint density at radius 2 is 1.71 bits per heavy atom. The van der Waals surface area contributed by atoms with Crippen LogP contribution in [0, 0.1) is 5.92 Å². The predicted molar refractivity (Wildman–Crippen MR) is 147 cm³/mol. The van der Waals surface area contributed by atoms with Gasteiger partial charge in [-0.25, -0.2) is 0 Å². The lowest BCUT2D eigenvalue weighted by Gasteiger charge is -2.27. The maximum atomic E-state index is 13.5. The summed E-state index contributed by atoms with van der Waals surface area (Å²) in [5, 5.41) is 10.9. The van der Waals surface area contributed by atoms with E-state index < -0.39 is 0 Å². The highest BCUT2D eigenvalue weighted by molar-refractivity contribution is 5.94. The van der Waals surface area contributed by atoms with E-state index in [1.807, 2.05) is 53.2 Å². The summed E-state index contributed by atoms with van der Waals surface area (Å²) in [7, 11) is 3.22. The van der Waals surface area contributed by atoms with E-state index in [0.717, 1.165) is 36.1 Å². The van der Waals surface area contributed by atoms with Gasteiger partial charge in [0.05, 0.1) is 25.5 Å². The molecule has 0 radical (unpaired) electrons. The third-order valence-corrected chi connectivity index (χ3v) is 6.80. The highest BCUT2D eigenvalue weighted by Gasteiger charge is 2.26. The van der Waals surface area contributed by atoms with E-state index in [1.165, 1.54) is 0 Å². The summed E-state index contributed by atoms with van der Waals surface area (Å²) in [4.78, 5) is 26.3. The molecule has 8 nitrogen and oxygen atoms in total. The molecule has 0 aliphatic heterocycles. The molecule has 1 fully saturated rings. The van der Waals surface area contributed by atoms with Crippen LogP contribution in [0.2, 0.25) is 0 Å². The van der Waals surface area contributed by atoms with Gasteiger partial charge in [0.2, 0.25) is 5.91 Å². The van der Waals surface area contributed by atoms with Gasteiger partial charge in [0.1, 0.15) is 11.5 Å². The molecule has 202 valence electrons. The fourth-order valence-electron chi connectivity index (χ4n) is 4.71. The number of hydrogen-bond acceptors (Lipinski definition) is 5. The average Bonchev–Trinajstić information content (AvgIpc) is 3.29. The van der Waals surface area contributed by atoms with Crippen molar-refractivity contribution in [3.8, 4) is 22.8 Å². The van der Waals surface area contributed by atoms with Crippen molar-refractivity contribution in [3.05, 3.63) is 65.9 Å². The van der Waals surface area contributed by atoms with Crippen molar-refractivity contribution in [1.82, 2.24) is 20.4 Å². The molecule has 1 saturated carbocycles. The Balaban J connectivity index is 1.61. The van der Waals surface area contributed by atoms with E-state index in [9.17, 15) is 9.59 Å². The van der Waals surface area contributed by atoms with Crippen LogP contribution < -0.4 is 20.1 Å². The Morgan fingerprint density at radius 3 is 2.29 bits per heavy atom. The molecule has 0 saturated heterocycles. The van der Waals surface area contributed by atoms with Gasteiger partial charge < -0.3 is 20.1 Å². The lowest BCUT2D eigenvalue weighted by atomic mass is 9.93. The monoisotopic (exact) mass is 518 g/mol. The number of benzene rings is 2. The summed E-state index contributed by atoms with van der Waals surface area (Å²) in [5.74, 6) is 1.21. The van der Waals surface area contributed by atoms with Gasteiger partial charge in [-0.1, -0.05) is 50.2 Å². The topological polar surface area (TPSA) is 94.5 Å². The van der Waals surface area contributed by atoms with Gasteiger partial charge in [-0.15, -0.1) is 0 Å². The quantitative estimate of drug-likeness (QED) is 0.365. The molecule has 8 heteroatoms. The van der Waals surface area contributed by atoms with Crippen LogP contribution in [0.4, 0.5) is 0 Å². The molecule has 1 atom stereocenters. The first kappa shape index (κ1) is 27.2. The number of aromatic nitrogens is 2. The average molecular weight is 519 g/mol. The van der Waals surface area contributed by atoms with E-state index in [0.29, 0.717) is 30.4 Å². The third-order valence-electron chi connectivity index (χ3n) is 6.80. The van der Waals surface area contributed by atoms with Crippen LogP contribution in [-0.4, -0.2) is 47.9 Å². The number of amides is 2. The van der Waals surface area contributed by atoms with Crippen LogP contribution >= 0.6 is 0 Å². The fraction of sp³-hybridized carbons (Fsp3) is 0.433. The zero-order valence-electron chi connectivity index (χ0n) is 22.7. The molecule has 0 bridgehead atoms. The van der Waals surface area contributed by atoms with E-state index in [1.54, 1.807) is 20.3 Å². The van der Waals surface area contributed by atoms with Gasteiger partial charge >= 0.3 is 0 Å². The molecule has 2 amide bonds. The standard InChI is InChI=1S/C30H38N4O4/c1-20(2)19-34-25(29-26(37-3)14-9-15-27(29)38-4)18-24(33-34)30(36)32-23(16-21-10-6-5-7-11-21)17-28(35)31-22-12-8-13-22/h5-7,9-11,14-15,18,20,22-23H,8,12-13,16-17,19H2,1-4H3,(H,31,35)(H,32,36)/t23-/m0/s1. The van der Waals surface area contributed by atoms with Gasteiger partial charge in [0.25, 0.3) is 5.91 Å². The summed E-state index contributed by atoms with van der Waals surface area (Å²) in [6.07, 6.45) is 3.93. The first-order chi connectivity index (χ1) is 18.4. The van der Waals surface area contributed by atoms with Crippen LogP contribution in [0.3, 0.4) is 0 Å². The largest absolute Gasteiger partial charge is 0.496 e. The first-order valence-corrected chi connectivity index (χ1v) is 13.3. The molecular weight excluding hydrogens is 480 g/mol. The molecule has 0 unspecified atom stereocenters. The van der Waals surface area contributed by atoms with Gasteiger partial charge in [-0.3, -0.25) is 14.3 Å². The van der Waals surface area contributed by atoms with E-state index in [2.05, 4.69) is 29.6 Å². The zero-order chi connectivity index (χ0) is 27.1. The van der Waals surface area contributed by atoms with Crippen LogP contribution in [0.5, 0.6) is 11.5 Å². The Kier molecular flexibility index (Phi) is 9.05. The lowest BCUT2D eigenvalue weighted by Crippen LogP contribution is -2.44. The third kappa shape index (κ3) is 6.73. The summed E-state index contributed by atoms with van der Waals surface area (Å²) in [6, 6.07) is 17.1. The molecular formula is C30H38N4O4.